The summed E-state index contributed by atoms with van der Waals surface area (Å²) in [6.07, 6.45) is 7.50. The molecule has 22 heteroatoms. The molecule has 6 aromatic carbocycles. The average molecular weight is 1630 g/mol. The molecule has 0 aliphatic carbocycles. The van der Waals surface area contributed by atoms with E-state index >= 15 is 0 Å². The Morgan fingerprint density at radius 2 is 0.559 bits per heavy atom. The predicted octanol–water partition coefficient (Wildman–Crippen LogP) is 12.2. The summed E-state index contributed by atoms with van der Waals surface area (Å²) in [5.74, 6) is -0.600. The number of benzene rings is 6. The van der Waals surface area contributed by atoms with Crippen LogP contribution in [0.15, 0.2) is 153 Å². The molecule has 0 aliphatic rings. The van der Waals surface area contributed by atoms with E-state index < -0.39 is 0 Å². The van der Waals surface area contributed by atoms with Gasteiger partial charge in [-0.2, -0.15) is 0 Å². The summed E-state index contributed by atoms with van der Waals surface area (Å²) in [5, 5.41) is 48.8. The molecule has 0 bridgehead atoms. The molecule has 0 fully saturated rings. The van der Waals surface area contributed by atoms with E-state index in [0.717, 1.165) is 30.7 Å². The van der Waals surface area contributed by atoms with Gasteiger partial charge < -0.3 is 30.2 Å². The van der Waals surface area contributed by atoms with Gasteiger partial charge in [-0.1, -0.05) is 175 Å². The number of rotatable bonds is 10. The maximum atomic E-state index is 12.2. The summed E-state index contributed by atoms with van der Waals surface area (Å²) in [6.45, 7) is 0. The van der Waals surface area contributed by atoms with Crippen molar-refractivity contribution < 1.29 is 84.6 Å². The van der Waals surface area contributed by atoms with Crippen LogP contribution in [0.4, 0.5) is 22.7 Å². The Hall–Kier alpha value is -2.18. The van der Waals surface area contributed by atoms with Crippen LogP contribution < -0.4 is 20.4 Å². The van der Waals surface area contributed by atoms with E-state index in [1.54, 1.807) is 101 Å². The molecule has 0 spiro atoms. The van der Waals surface area contributed by atoms with Gasteiger partial charge in [0.2, 0.25) is 12.8 Å². The molecule has 0 atom stereocenters. The number of carbonyl (C=O) groups excluding carboxylic acids is 2. The topological polar surface area (TPSA) is 182 Å². The minimum Gasteiger partial charge on any atom is -0.871 e. The summed E-state index contributed by atoms with van der Waals surface area (Å²) >= 11 is 26.4. The SMILES string of the molecule is CN(C)C=O.CN(C)C=O.[Cd+2].[Cd+2].[O-]c1c(Br)cc(Br)cc1C=Nc1ccccc1N=Cc1cc(Br)cc(Br)c1[O-].[O-]c1c(Br)cc(Br)cc1C=Nc1ccccc1N=Cc1cc(Br)cc(Br)c1[O-]. The normalized spacial score (nSPS) is 10.5. The van der Waals surface area contributed by atoms with Gasteiger partial charge in [0, 0.05) is 88.8 Å². The van der Waals surface area contributed by atoms with Crippen molar-refractivity contribution in [2.24, 2.45) is 20.0 Å². The fourth-order valence-electron chi connectivity index (χ4n) is 4.63. The molecular weight excluding hydrogens is 1600 g/mol. The largest absolute Gasteiger partial charge is 2.00 e. The summed E-state index contributed by atoms with van der Waals surface area (Å²) in [6, 6.07) is 28.0. The Bertz CT molecular complexity index is 2420. The molecule has 0 aliphatic heterocycles. The second-order valence-electron chi connectivity index (χ2n) is 13.4. The van der Waals surface area contributed by atoms with Crippen molar-refractivity contribution in [2.45, 2.75) is 0 Å². The van der Waals surface area contributed by atoms with Crippen LogP contribution in [-0.4, -0.2) is 75.7 Å². The van der Waals surface area contributed by atoms with E-state index in [0.29, 0.717) is 62.9 Å². The van der Waals surface area contributed by atoms with Crippen molar-refractivity contribution in [1.29, 1.82) is 0 Å². The van der Waals surface area contributed by atoms with Crippen LogP contribution in [0.3, 0.4) is 0 Å². The Morgan fingerprint density at radius 1 is 0.382 bits per heavy atom. The molecule has 12 nitrogen and oxygen atoms in total. The Kier molecular flexibility index (Phi) is 30.7. The molecule has 0 saturated carbocycles. The van der Waals surface area contributed by atoms with E-state index in [9.17, 15) is 30.0 Å². The van der Waals surface area contributed by atoms with Crippen molar-refractivity contribution in [3.63, 3.8) is 0 Å². The monoisotopic (exact) mass is 1630 g/mol. The first-order valence-electron chi connectivity index (χ1n) is 18.5. The van der Waals surface area contributed by atoms with Gasteiger partial charge in [0.15, 0.2) is 0 Å². The molecule has 0 aromatic heterocycles. The fraction of sp³-hybridized carbons (Fsp3) is 0.0870. The molecular formula is C46H34Br8Cd2N6O6. The van der Waals surface area contributed by atoms with Crippen LogP contribution in [0.1, 0.15) is 22.3 Å². The molecule has 6 aromatic rings. The molecule has 0 saturated heterocycles. The van der Waals surface area contributed by atoms with Crippen LogP contribution >= 0.6 is 127 Å². The first-order valence-corrected chi connectivity index (χ1v) is 24.8. The third kappa shape index (κ3) is 21.7. The van der Waals surface area contributed by atoms with Crippen molar-refractivity contribution in [2.75, 3.05) is 28.2 Å². The van der Waals surface area contributed by atoms with Crippen molar-refractivity contribution >= 4 is 188 Å². The number of halogens is 8. The Morgan fingerprint density at radius 3 is 0.721 bits per heavy atom. The van der Waals surface area contributed by atoms with Crippen LogP contribution in [0.25, 0.3) is 0 Å². The van der Waals surface area contributed by atoms with E-state index in [4.69, 9.17) is 0 Å². The Balaban J connectivity index is 0.000000553. The van der Waals surface area contributed by atoms with Crippen LogP contribution in [-0.2, 0) is 64.2 Å². The van der Waals surface area contributed by atoms with Crippen LogP contribution in [0.5, 0.6) is 23.0 Å². The van der Waals surface area contributed by atoms with E-state index in [1.807, 2.05) is 24.3 Å². The number of aliphatic imine (C=N–C) groups is 4. The van der Waals surface area contributed by atoms with Gasteiger partial charge in [0.1, 0.15) is 0 Å². The number of para-hydroxylation sites is 4. The number of amides is 2. The Labute approximate surface area is 501 Å². The standard InChI is InChI=1S/2C20H12Br4N2O2.2C3H7NO.2Cd/c2*21-13-5-11(19(27)15(23)7-13)9-25-17-3-1-2-4-18(17)26-10-12-6-14(22)8-16(24)20(12)28;2*1-4(2)3-5;;/h2*1-10,27-28H;2*3H,1-2H3;;/q;;;;2*+2/p-4. The zero-order chi connectivity index (χ0) is 49.1. The van der Waals surface area contributed by atoms with Gasteiger partial charge in [0.05, 0.1) is 22.7 Å². The summed E-state index contributed by atoms with van der Waals surface area (Å²) in [4.78, 5) is 39.4. The minimum atomic E-state index is -0.150. The quantitative estimate of drug-likeness (QED) is 0.0747. The summed E-state index contributed by atoms with van der Waals surface area (Å²) < 4.78 is 4.92. The zero-order valence-corrected chi connectivity index (χ0v) is 57.0. The summed E-state index contributed by atoms with van der Waals surface area (Å²) in [7, 11) is 6.75. The molecule has 0 N–H and O–H groups in total. The number of hydrogen-bond acceptors (Lipinski definition) is 10. The smallest absolute Gasteiger partial charge is 0.871 e. The van der Waals surface area contributed by atoms with Crippen molar-refractivity contribution in [3.05, 3.63) is 155 Å². The van der Waals surface area contributed by atoms with Gasteiger partial charge >= 0.3 is 54.6 Å². The van der Waals surface area contributed by atoms with Gasteiger partial charge in [-0.05, 0) is 95.1 Å². The van der Waals surface area contributed by atoms with Crippen molar-refractivity contribution in [1.82, 2.24) is 9.80 Å². The van der Waals surface area contributed by atoms with E-state index in [1.165, 1.54) is 34.7 Å². The maximum Gasteiger partial charge on any atom is 2.00 e. The third-order valence-corrected chi connectivity index (χ3v) is 11.9. The van der Waals surface area contributed by atoms with E-state index in [2.05, 4.69) is 147 Å². The van der Waals surface area contributed by atoms with Gasteiger partial charge in [-0.15, -0.1) is 0 Å². The van der Waals surface area contributed by atoms with Gasteiger partial charge in [0.25, 0.3) is 0 Å². The second-order valence-corrected chi connectivity index (χ2v) is 20.5. The van der Waals surface area contributed by atoms with Gasteiger partial charge in [-0.3, -0.25) is 29.6 Å². The molecule has 6 rings (SSSR count). The molecule has 0 radical (unpaired) electrons. The van der Waals surface area contributed by atoms with Gasteiger partial charge in [-0.25, -0.2) is 0 Å². The van der Waals surface area contributed by atoms with Crippen LogP contribution in [0, 0.1) is 0 Å². The molecule has 68 heavy (non-hydrogen) atoms. The number of hydrogen-bond donors (Lipinski definition) is 0. The second kappa shape index (κ2) is 32.7. The molecule has 344 valence electrons. The summed E-state index contributed by atoms with van der Waals surface area (Å²) in [5.41, 5.74) is 4.09. The first kappa shape index (κ1) is 63.8. The average Bonchev–Trinajstić information content (AvgIpc) is 3.27. The molecule has 0 heterocycles. The van der Waals surface area contributed by atoms with Crippen LogP contribution in [0.2, 0.25) is 0 Å². The number of carbonyl (C=O) groups is 2. The zero-order valence-electron chi connectivity index (χ0n) is 36.3. The first-order chi connectivity index (χ1) is 31.2. The number of nitrogens with zero attached hydrogens (tertiary/aromatic N) is 6. The maximum absolute atomic E-state index is 12.2. The van der Waals surface area contributed by atoms with Crippen molar-refractivity contribution in [3.8, 4) is 23.0 Å². The minimum absolute atomic E-state index is 0. The molecule has 0 unspecified atom stereocenters. The molecule has 2 amide bonds. The third-order valence-electron chi connectivity index (χ3n) is 7.70. The predicted molar refractivity (Wildman–Crippen MR) is 287 cm³/mol. The fourth-order valence-corrected chi connectivity index (χ4v) is 9.66. The van der Waals surface area contributed by atoms with E-state index in [-0.39, 0.29) is 77.6 Å².